The fourth-order valence-electron chi connectivity index (χ4n) is 0.954. The van der Waals surface area contributed by atoms with Crippen molar-refractivity contribution < 1.29 is 9.18 Å². The van der Waals surface area contributed by atoms with E-state index in [0.29, 0.717) is 5.57 Å². The van der Waals surface area contributed by atoms with Gasteiger partial charge in [0, 0.05) is 12.0 Å². The summed E-state index contributed by atoms with van der Waals surface area (Å²) in [5.74, 6) is -0.123. The Kier molecular flexibility index (Phi) is 3.07. The molecule has 0 bridgehead atoms. The van der Waals surface area contributed by atoms with Crippen molar-refractivity contribution in [1.29, 1.82) is 0 Å². The van der Waals surface area contributed by atoms with Crippen LogP contribution in [0, 0.1) is 0 Å². The summed E-state index contributed by atoms with van der Waals surface area (Å²) in [7, 11) is 0. The van der Waals surface area contributed by atoms with E-state index in [1.165, 1.54) is 12.2 Å². The molecular formula is C8H7BrClFO. The van der Waals surface area contributed by atoms with Gasteiger partial charge >= 0.3 is 0 Å². The molecule has 1 rings (SSSR count). The second kappa shape index (κ2) is 3.71. The van der Waals surface area contributed by atoms with Gasteiger partial charge in [-0.25, -0.2) is 4.39 Å². The standard InChI is InChI=1S/C8H7BrClFO/c9-5-7(12)6-2-1-3-8(10,11)4-6/h1-3H,4-5H2. The molecule has 1 aliphatic carbocycles. The molecule has 66 valence electrons. The molecule has 0 saturated carbocycles. The zero-order valence-electron chi connectivity index (χ0n) is 6.19. The van der Waals surface area contributed by atoms with Gasteiger partial charge in [0.15, 0.2) is 5.78 Å². The summed E-state index contributed by atoms with van der Waals surface area (Å²) in [5, 5.41) is -1.68. The number of alkyl halides is 3. The van der Waals surface area contributed by atoms with E-state index in [-0.39, 0.29) is 17.5 Å². The monoisotopic (exact) mass is 252 g/mol. The topological polar surface area (TPSA) is 17.1 Å². The minimum absolute atomic E-state index is 0.0461. The first-order valence-corrected chi connectivity index (χ1v) is 4.90. The molecule has 1 nitrogen and oxygen atoms in total. The number of hydrogen-bond donors (Lipinski definition) is 0. The number of rotatable bonds is 2. The lowest BCUT2D eigenvalue weighted by Crippen LogP contribution is -2.18. The van der Waals surface area contributed by atoms with Crippen LogP contribution in [-0.4, -0.2) is 16.2 Å². The molecule has 0 aromatic carbocycles. The normalized spacial score (nSPS) is 28.4. The number of carbonyl (C=O) groups excluding carboxylic acids is 1. The molecule has 0 aromatic heterocycles. The third-order valence-corrected chi connectivity index (χ3v) is 2.31. The number of hydrogen-bond acceptors (Lipinski definition) is 1. The molecule has 1 aliphatic rings. The Morgan fingerprint density at radius 2 is 2.50 bits per heavy atom. The Morgan fingerprint density at radius 3 is 3.00 bits per heavy atom. The van der Waals surface area contributed by atoms with Crippen molar-refractivity contribution in [3.05, 3.63) is 23.8 Å². The third-order valence-electron chi connectivity index (χ3n) is 1.54. The van der Waals surface area contributed by atoms with E-state index in [2.05, 4.69) is 15.9 Å². The highest BCUT2D eigenvalue weighted by Crippen LogP contribution is 2.31. The van der Waals surface area contributed by atoms with Gasteiger partial charge in [-0.2, -0.15) is 0 Å². The summed E-state index contributed by atoms with van der Waals surface area (Å²) in [4.78, 5) is 11.1. The van der Waals surface area contributed by atoms with Crippen LogP contribution in [0.25, 0.3) is 0 Å². The Labute approximate surface area is 83.4 Å². The van der Waals surface area contributed by atoms with E-state index in [4.69, 9.17) is 11.6 Å². The predicted octanol–water partition coefficient (Wildman–Crippen LogP) is 2.74. The minimum atomic E-state index is -1.89. The van der Waals surface area contributed by atoms with Crippen molar-refractivity contribution in [1.82, 2.24) is 0 Å². The smallest absolute Gasteiger partial charge is 0.206 e. The lowest BCUT2D eigenvalue weighted by Gasteiger charge is -2.17. The van der Waals surface area contributed by atoms with Crippen LogP contribution in [0.1, 0.15) is 6.42 Å². The molecule has 0 radical (unpaired) electrons. The maximum absolute atomic E-state index is 13.1. The highest BCUT2D eigenvalue weighted by molar-refractivity contribution is 9.09. The van der Waals surface area contributed by atoms with Crippen molar-refractivity contribution >= 4 is 33.3 Å². The predicted molar refractivity (Wildman–Crippen MR) is 50.3 cm³/mol. The number of carbonyl (C=O) groups is 1. The molecular weight excluding hydrogens is 246 g/mol. The Morgan fingerprint density at radius 1 is 1.83 bits per heavy atom. The van der Waals surface area contributed by atoms with E-state index in [0.717, 1.165) is 0 Å². The van der Waals surface area contributed by atoms with Crippen LogP contribution in [0.15, 0.2) is 23.8 Å². The summed E-state index contributed by atoms with van der Waals surface area (Å²) in [6.07, 6.45) is 4.24. The first-order valence-electron chi connectivity index (χ1n) is 3.40. The van der Waals surface area contributed by atoms with E-state index < -0.39 is 5.13 Å². The summed E-state index contributed by atoms with van der Waals surface area (Å²) < 4.78 is 13.1. The lowest BCUT2D eigenvalue weighted by atomic mass is 10.0. The average molecular weight is 253 g/mol. The van der Waals surface area contributed by atoms with Crippen molar-refractivity contribution in [2.45, 2.75) is 11.5 Å². The first kappa shape index (κ1) is 9.93. The molecule has 1 atom stereocenters. The van der Waals surface area contributed by atoms with Crippen molar-refractivity contribution in [2.75, 3.05) is 5.33 Å². The average Bonchev–Trinajstić information content (AvgIpc) is 2.01. The van der Waals surface area contributed by atoms with E-state index in [1.807, 2.05) is 0 Å². The van der Waals surface area contributed by atoms with Crippen molar-refractivity contribution in [3.63, 3.8) is 0 Å². The highest BCUT2D eigenvalue weighted by atomic mass is 79.9. The quantitative estimate of drug-likeness (QED) is 0.692. The van der Waals surface area contributed by atoms with Gasteiger partial charge in [-0.05, 0) is 6.08 Å². The summed E-state index contributed by atoms with van der Waals surface area (Å²) >= 11 is 8.41. The molecule has 0 amide bonds. The van der Waals surface area contributed by atoms with Crippen LogP contribution in [-0.2, 0) is 4.79 Å². The fraction of sp³-hybridized carbons (Fsp3) is 0.375. The van der Waals surface area contributed by atoms with Crippen LogP contribution < -0.4 is 0 Å². The maximum Gasteiger partial charge on any atom is 0.206 e. The molecule has 0 aromatic rings. The van der Waals surface area contributed by atoms with Gasteiger partial charge < -0.3 is 0 Å². The summed E-state index contributed by atoms with van der Waals surface area (Å²) in [6, 6.07) is 0. The molecule has 0 aliphatic heterocycles. The zero-order chi connectivity index (χ0) is 9.19. The second-order valence-corrected chi connectivity index (χ2v) is 3.73. The van der Waals surface area contributed by atoms with Gasteiger partial charge in [-0.15, -0.1) is 0 Å². The Hall–Kier alpha value is -0.150. The molecule has 0 saturated heterocycles. The van der Waals surface area contributed by atoms with Gasteiger partial charge in [0.05, 0.1) is 5.33 Å². The van der Waals surface area contributed by atoms with Gasteiger partial charge in [0.2, 0.25) is 5.13 Å². The number of halogens is 3. The molecule has 12 heavy (non-hydrogen) atoms. The van der Waals surface area contributed by atoms with Crippen LogP contribution in [0.4, 0.5) is 4.39 Å². The molecule has 0 heterocycles. The summed E-state index contributed by atoms with van der Waals surface area (Å²) in [6.45, 7) is 0. The lowest BCUT2D eigenvalue weighted by molar-refractivity contribution is -0.113. The molecule has 0 spiro atoms. The third kappa shape index (κ3) is 2.42. The molecule has 0 fully saturated rings. The van der Waals surface area contributed by atoms with Crippen LogP contribution in [0.2, 0.25) is 0 Å². The SMILES string of the molecule is O=C(CBr)C1=CC=CC(F)(Cl)C1. The van der Waals surface area contributed by atoms with Gasteiger partial charge in [-0.3, -0.25) is 4.79 Å². The van der Waals surface area contributed by atoms with Gasteiger partial charge in [-0.1, -0.05) is 39.7 Å². The zero-order valence-corrected chi connectivity index (χ0v) is 8.53. The number of Topliss-reactive ketones (excluding diaryl/α,β-unsaturated/α-hetero) is 1. The van der Waals surface area contributed by atoms with Gasteiger partial charge in [0.1, 0.15) is 0 Å². The van der Waals surface area contributed by atoms with E-state index in [9.17, 15) is 9.18 Å². The summed E-state index contributed by atoms with van der Waals surface area (Å²) in [5.41, 5.74) is 0.423. The van der Waals surface area contributed by atoms with Crippen molar-refractivity contribution in [3.8, 4) is 0 Å². The van der Waals surface area contributed by atoms with Gasteiger partial charge in [0.25, 0.3) is 0 Å². The van der Waals surface area contributed by atoms with Crippen LogP contribution >= 0.6 is 27.5 Å². The minimum Gasteiger partial charge on any atom is -0.294 e. The number of allylic oxidation sites excluding steroid dienone is 4. The number of ketones is 1. The van der Waals surface area contributed by atoms with Crippen molar-refractivity contribution in [2.24, 2.45) is 0 Å². The first-order chi connectivity index (χ1) is 5.55. The second-order valence-electron chi connectivity index (χ2n) is 2.55. The molecule has 1 unspecified atom stereocenters. The van der Waals surface area contributed by atoms with Crippen LogP contribution in [0.5, 0.6) is 0 Å². The largest absolute Gasteiger partial charge is 0.294 e. The molecule has 4 heteroatoms. The fourth-order valence-corrected chi connectivity index (χ4v) is 1.53. The van der Waals surface area contributed by atoms with E-state index in [1.54, 1.807) is 6.08 Å². The highest BCUT2D eigenvalue weighted by Gasteiger charge is 2.28. The van der Waals surface area contributed by atoms with E-state index >= 15 is 0 Å². The van der Waals surface area contributed by atoms with Crippen LogP contribution in [0.3, 0.4) is 0 Å². The Balaban J connectivity index is 2.76. The maximum atomic E-state index is 13.1. The Bertz CT molecular complexity index is 258. The molecule has 0 N–H and O–H groups in total.